The zero-order chi connectivity index (χ0) is 13.7. The lowest BCUT2D eigenvalue weighted by molar-refractivity contribution is -0.141. The van der Waals surface area contributed by atoms with Crippen LogP contribution in [0.3, 0.4) is 0 Å². The number of hydrogen-bond donors (Lipinski definition) is 2. The fourth-order valence-corrected chi connectivity index (χ4v) is 1.90. The standard InChI is InChI=1S/C14H21NO3/c1-4-10-5-6-13(18-3)11(8-10)12(15)7-9(2)14(16)17/h5-6,8-9,12H,4,7,15H2,1-3H3,(H,16,17). The molecule has 0 aliphatic rings. The van der Waals surface area contributed by atoms with Gasteiger partial charge in [-0.15, -0.1) is 0 Å². The summed E-state index contributed by atoms with van der Waals surface area (Å²) in [5.74, 6) is -0.566. The summed E-state index contributed by atoms with van der Waals surface area (Å²) in [4.78, 5) is 10.9. The Balaban J connectivity index is 2.95. The number of nitrogens with two attached hydrogens (primary N) is 1. The molecule has 0 heterocycles. The molecule has 100 valence electrons. The molecule has 2 unspecified atom stereocenters. The van der Waals surface area contributed by atoms with Crippen molar-refractivity contribution < 1.29 is 14.6 Å². The number of aryl methyl sites for hydroxylation is 1. The Bertz CT molecular complexity index is 418. The molecule has 4 nitrogen and oxygen atoms in total. The molecule has 0 aromatic heterocycles. The lowest BCUT2D eigenvalue weighted by Crippen LogP contribution is -2.19. The Hall–Kier alpha value is -1.55. The van der Waals surface area contributed by atoms with Gasteiger partial charge in [-0.3, -0.25) is 4.79 Å². The van der Waals surface area contributed by atoms with E-state index in [2.05, 4.69) is 6.92 Å². The maximum Gasteiger partial charge on any atom is 0.306 e. The van der Waals surface area contributed by atoms with Gasteiger partial charge in [0.25, 0.3) is 0 Å². The van der Waals surface area contributed by atoms with Gasteiger partial charge >= 0.3 is 5.97 Å². The normalized spacial score (nSPS) is 14.0. The predicted molar refractivity (Wildman–Crippen MR) is 70.7 cm³/mol. The molecule has 1 aromatic rings. The quantitative estimate of drug-likeness (QED) is 0.814. The monoisotopic (exact) mass is 251 g/mol. The zero-order valence-corrected chi connectivity index (χ0v) is 11.1. The first-order chi connectivity index (χ1) is 8.49. The number of carbonyl (C=O) groups is 1. The van der Waals surface area contributed by atoms with Gasteiger partial charge in [-0.25, -0.2) is 0 Å². The molecule has 1 aromatic carbocycles. The van der Waals surface area contributed by atoms with E-state index in [1.165, 1.54) is 5.56 Å². The third-order valence-electron chi connectivity index (χ3n) is 3.13. The molecule has 3 N–H and O–H groups in total. The van der Waals surface area contributed by atoms with Crippen molar-refractivity contribution in [2.24, 2.45) is 11.7 Å². The zero-order valence-electron chi connectivity index (χ0n) is 11.1. The van der Waals surface area contributed by atoms with E-state index in [0.717, 1.165) is 17.7 Å². The first-order valence-electron chi connectivity index (χ1n) is 6.14. The van der Waals surface area contributed by atoms with Gasteiger partial charge in [0.05, 0.1) is 13.0 Å². The van der Waals surface area contributed by atoms with Crippen LogP contribution in [0.2, 0.25) is 0 Å². The number of methoxy groups -OCH3 is 1. The van der Waals surface area contributed by atoms with Gasteiger partial charge in [0.2, 0.25) is 0 Å². The van der Waals surface area contributed by atoms with E-state index in [9.17, 15) is 4.79 Å². The molecule has 0 bridgehead atoms. The van der Waals surface area contributed by atoms with Crippen LogP contribution in [0.5, 0.6) is 5.75 Å². The second-order valence-electron chi connectivity index (χ2n) is 4.51. The molecule has 0 saturated carbocycles. The molecule has 0 radical (unpaired) electrons. The van der Waals surface area contributed by atoms with Gasteiger partial charge in [-0.1, -0.05) is 26.0 Å². The van der Waals surface area contributed by atoms with Crippen LogP contribution in [0.25, 0.3) is 0 Å². The molecule has 4 heteroatoms. The molecule has 18 heavy (non-hydrogen) atoms. The largest absolute Gasteiger partial charge is 0.496 e. The van der Waals surface area contributed by atoms with Crippen LogP contribution >= 0.6 is 0 Å². The van der Waals surface area contributed by atoms with Crippen molar-refractivity contribution in [2.75, 3.05) is 7.11 Å². The van der Waals surface area contributed by atoms with E-state index < -0.39 is 11.9 Å². The van der Waals surface area contributed by atoms with Gasteiger partial charge in [-0.05, 0) is 24.5 Å². The Labute approximate surface area is 108 Å². The van der Waals surface area contributed by atoms with Crippen LogP contribution < -0.4 is 10.5 Å². The van der Waals surface area contributed by atoms with Crippen molar-refractivity contribution in [3.05, 3.63) is 29.3 Å². The molecule has 1 rings (SSSR count). The highest BCUT2D eigenvalue weighted by Gasteiger charge is 2.19. The first-order valence-corrected chi connectivity index (χ1v) is 6.14. The van der Waals surface area contributed by atoms with Gasteiger partial charge in [-0.2, -0.15) is 0 Å². The van der Waals surface area contributed by atoms with Crippen LogP contribution in [-0.4, -0.2) is 18.2 Å². The van der Waals surface area contributed by atoms with Crippen molar-refractivity contribution >= 4 is 5.97 Å². The van der Waals surface area contributed by atoms with Crippen molar-refractivity contribution in [3.8, 4) is 5.75 Å². The van der Waals surface area contributed by atoms with E-state index in [0.29, 0.717) is 6.42 Å². The number of benzene rings is 1. The number of carboxylic acid groups (broad SMARTS) is 1. The molecule has 0 spiro atoms. The maximum absolute atomic E-state index is 10.9. The van der Waals surface area contributed by atoms with E-state index >= 15 is 0 Å². The Morgan fingerprint density at radius 1 is 1.50 bits per heavy atom. The Morgan fingerprint density at radius 3 is 2.67 bits per heavy atom. The van der Waals surface area contributed by atoms with Crippen LogP contribution in [0.4, 0.5) is 0 Å². The average molecular weight is 251 g/mol. The van der Waals surface area contributed by atoms with E-state index in [1.807, 2.05) is 18.2 Å². The Kier molecular flexibility index (Phi) is 5.16. The van der Waals surface area contributed by atoms with E-state index in [1.54, 1.807) is 14.0 Å². The summed E-state index contributed by atoms with van der Waals surface area (Å²) in [5, 5.41) is 8.92. The summed E-state index contributed by atoms with van der Waals surface area (Å²) in [7, 11) is 1.60. The fraction of sp³-hybridized carbons (Fsp3) is 0.500. The number of rotatable bonds is 6. The highest BCUT2D eigenvalue weighted by Crippen LogP contribution is 2.29. The molecule has 0 aliphatic heterocycles. The van der Waals surface area contributed by atoms with Crippen molar-refractivity contribution in [3.63, 3.8) is 0 Å². The minimum Gasteiger partial charge on any atom is -0.496 e. The highest BCUT2D eigenvalue weighted by molar-refractivity contribution is 5.69. The lowest BCUT2D eigenvalue weighted by atomic mass is 9.94. The first kappa shape index (κ1) is 14.5. The summed E-state index contributed by atoms with van der Waals surface area (Å²) in [6, 6.07) is 5.56. The molecule has 0 saturated heterocycles. The van der Waals surface area contributed by atoms with E-state index in [-0.39, 0.29) is 6.04 Å². The summed E-state index contributed by atoms with van der Waals surface area (Å²) in [5.41, 5.74) is 8.14. The molecular weight excluding hydrogens is 230 g/mol. The predicted octanol–water partition coefficient (Wildman–Crippen LogP) is 2.37. The third kappa shape index (κ3) is 3.47. The van der Waals surface area contributed by atoms with Crippen LogP contribution in [0, 0.1) is 5.92 Å². The van der Waals surface area contributed by atoms with Gasteiger partial charge in [0.15, 0.2) is 0 Å². The minimum absolute atomic E-state index is 0.322. The van der Waals surface area contributed by atoms with E-state index in [4.69, 9.17) is 15.6 Å². The number of hydrogen-bond acceptors (Lipinski definition) is 3. The summed E-state index contributed by atoms with van der Waals surface area (Å²) >= 11 is 0. The van der Waals surface area contributed by atoms with Gasteiger partial charge in [0.1, 0.15) is 5.75 Å². The van der Waals surface area contributed by atoms with Gasteiger partial charge < -0.3 is 15.6 Å². The third-order valence-corrected chi connectivity index (χ3v) is 3.13. The van der Waals surface area contributed by atoms with Crippen LogP contribution in [0.1, 0.15) is 37.4 Å². The Morgan fingerprint density at radius 2 is 2.17 bits per heavy atom. The topological polar surface area (TPSA) is 72.5 Å². The fourth-order valence-electron chi connectivity index (χ4n) is 1.90. The van der Waals surface area contributed by atoms with Crippen molar-refractivity contribution in [1.82, 2.24) is 0 Å². The minimum atomic E-state index is -0.823. The number of carboxylic acids is 1. The smallest absolute Gasteiger partial charge is 0.306 e. The molecule has 2 atom stereocenters. The average Bonchev–Trinajstić information content (AvgIpc) is 2.37. The molecule has 0 fully saturated rings. The van der Waals surface area contributed by atoms with Gasteiger partial charge in [0, 0.05) is 11.6 Å². The van der Waals surface area contributed by atoms with Crippen LogP contribution in [-0.2, 0) is 11.2 Å². The highest BCUT2D eigenvalue weighted by atomic mass is 16.5. The number of aliphatic carboxylic acids is 1. The SMILES string of the molecule is CCc1ccc(OC)c(C(N)CC(C)C(=O)O)c1. The summed E-state index contributed by atoms with van der Waals surface area (Å²) in [6.45, 7) is 3.73. The van der Waals surface area contributed by atoms with Crippen molar-refractivity contribution in [1.29, 1.82) is 0 Å². The molecule has 0 aliphatic carbocycles. The lowest BCUT2D eigenvalue weighted by Gasteiger charge is -2.18. The second kappa shape index (κ2) is 6.40. The van der Waals surface area contributed by atoms with Crippen molar-refractivity contribution in [2.45, 2.75) is 32.7 Å². The maximum atomic E-state index is 10.9. The number of ether oxygens (including phenoxy) is 1. The molecule has 0 amide bonds. The summed E-state index contributed by atoms with van der Waals surface area (Å²) < 4.78 is 5.28. The second-order valence-corrected chi connectivity index (χ2v) is 4.51. The van der Waals surface area contributed by atoms with Crippen LogP contribution in [0.15, 0.2) is 18.2 Å². The molecular formula is C14H21NO3. The summed E-state index contributed by atoms with van der Waals surface area (Å²) in [6.07, 6.45) is 1.32.